The third-order valence-electron chi connectivity index (χ3n) is 6.88. The average molecular weight is 358 g/mol. The molecule has 1 aromatic rings. The highest BCUT2D eigenvalue weighted by atomic mass is 16.7. The van der Waals surface area contributed by atoms with Gasteiger partial charge >= 0.3 is 7.12 Å². The van der Waals surface area contributed by atoms with Crippen molar-refractivity contribution in [3.63, 3.8) is 0 Å². The van der Waals surface area contributed by atoms with Crippen molar-refractivity contribution in [2.45, 2.75) is 91.0 Å². The standard InChI is InChI=1S/C22H35BO3/c1-7-16(2)17-8-12-19(13-9-17)24-20-14-10-18(11-15-20)23-25-21(3,4)22(5,6)26-23/h10-11,14-17,19H,7-9,12-13H2,1-6H3. The molecule has 0 bridgehead atoms. The lowest BCUT2D eigenvalue weighted by Crippen LogP contribution is -2.41. The molecule has 1 aromatic carbocycles. The summed E-state index contributed by atoms with van der Waals surface area (Å²) in [7, 11) is -0.306. The SMILES string of the molecule is CCC(C)C1CCC(Oc2ccc(B3OC(C)(C)C(C)(C)O3)cc2)CC1. The highest BCUT2D eigenvalue weighted by molar-refractivity contribution is 6.62. The molecule has 0 radical (unpaired) electrons. The summed E-state index contributed by atoms with van der Waals surface area (Å²) in [5.41, 5.74) is 0.443. The zero-order chi connectivity index (χ0) is 18.9. The second-order valence-corrected chi connectivity index (χ2v) is 9.20. The van der Waals surface area contributed by atoms with Gasteiger partial charge in [0.1, 0.15) is 5.75 Å². The van der Waals surface area contributed by atoms with Gasteiger partial charge in [0.2, 0.25) is 0 Å². The van der Waals surface area contributed by atoms with E-state index < -0.39 is 0 Å². The molecule has 26 heavy (non-hydrogen) atoms. The molecule has 1 aliphatic heterocycles. The molecule has 4 heteroatoms. The summed E-state index contributed by atoms with van der Waals surface area (Å²) >= 11 is 0. The van der Waals surface area contributed by atoms with Crippen LogP contribution in [0.25, 0.3) is 0 Å². The zero-order valence-electron chi connectivity index (χ0n) is 17.4. The molecule has 1 atom stereocenters. The van der Waals surface area contributed by atoms with Crippen LogP contribution in [0, 0.1) is 11.8 Å². The van der Waals surface area contributed by atoms with E-state index in [9.17, 15) is 0 Å². The highest BCUT2D eigenvalue weighted by Gasteiger charge is 2.51. The van der Waals surface area contributed by atoms with Crippen molar-refractivity contribution in [3.05, 3.63) is 24.3 Å². The summed E-state index contributed by atoms with van der Waals surface area (Å²) < 4.78 is 18.5. The fourth-order valence-corrected chi connectivity index (χ4v) is 3.98. The maximum absolute atomic E-state index is 6.23. The van der Waals surface area contributed by atoms with Gasteiger partial charge < -0.3 is 14.0 Å². The lowest BCUT2D eigenvalue weighted by molar-refractivity contribution is 0.00578. The topological polar surface area (TPSA) is 27.7 Å². The van der Waals surface area contributed by atoms with Crippen molar-refractivity contribution in [1.29, 1.82) is 0 Å². The largest absolute Gasteiger partial charge is 0.494 e. The Morgan fingerprint density at radius 1 is 1.00 bits per heavy atom. The second kappa shape index (κ2) is 7.56. The van der Waals surface area contributed by atoms with Gasteiger partial charge in [-0.1, -0.05) is 32.4 Å². The highest BCUT2D eigenvalue weighted by Crippen LogP contribution is 2.37. The first-order valence-electron chi connectivity index (χ1n) is 10.3. The van der Waals surface area contributed by atoms with E-state index >= 15 is 0 Å². The van der Waals surface area contributed by atoms with Crippen LogP contribution in [-0.4, -0.2) is 24.4 Å². The van der Waals surface area contributed by atoms with Gasteiger partial charge in [0, 0.05) is 0 Å². The molecule has 0 aromatic heterocycles. The molecule has 2 aliphatic rings. The van der Waals surface area contributed by atoms with Crippen LogP contribution in [-0.2, 0) is 9.31 Å². The van der Waals surface area contributed by atoms with Crippen LogP contribution in [0.5, 0.6) is 5.75 Å². The lowest BCUT2D eigenvalue weighted by Gasteiger charge is -2.32. The van der Waals surface area contributed by atoms with Gasteiger partial charge in [0.15, 0.2) is 0 Å². The van der Waals surface area contributed by atoms with E-state index in [0.29, 0.717) is 6.10 Å². The minimum atomic E-state index is -0.306. The van der Waals surface area contributed by atoms with Crippen molar-refractivity contribution in [3.8, 4) is 5.75 Å². The average Bonchev–Trinajstić information content (AvgIpc) is 2.83. The Morgan fingerprint density at radius 3 is 2.04 bits per heavy atom. The van der Waals surface area contributed by atoms with Crippen molar-refractivity contribution in [2.75, 3.05) is 0 Å². The molecule has 1 saturated carbocycles. The lowest BCUT2D eigenvalue weighted by atomic mass is 9.78. The normalized spacial score (nSPS) is 28.8. The second-order valence-electron chi connectivity index (χ2n) is 9.20. The van der Waals surface area contributed by atoms with Crippen molar-refractivity contribution < 1.29 is 14.0 Å². The van der Waals surface area contributed by atoms with Gasteiger partial charge in [-0.15, -0.1) is 0 Å². The van der Waals surface area contributed by atoms with Crippen LogP contribution >= 0.6 is 0 Å². The number of benzene rings is 1. The van der Waals surface area contributed by atoms with E-state index in [1.807, 2.05) is 0 Å². The summed E-state index contributed by atoms with van der Waals surface area (Å²) in [4.78, 5) is 0. The molecule has 1 unspecified atom stereocenters. The third kappa shape index (κ3) is 4.12. The predicted octanol–water partition coefficient (Wildman–Crippen LogP) is 4.97. The van der Waals surface area contributed by atoms with Crippen LogP contribution < -0.4 is 10.2 Å². The van der Waals surface area contributed by atoms with Crippen molar-refractivity contribution in [2.24, 2.45) is 11.8 Å². The molecular weight excluding hydrogens is 323 g/mol. The zero-order valence-corrected chi connectivity index (χ0v) is 17.4. The van der Waals surface area contributed by atoms with Crippen molar-refractivity contribution in [1.82, 2.24) is 0 Å². The molecule has 0 N–H and O–H groups in total. The maximum Gasteiger partial charge on any atom is 0.494 e. The van der Waals surface area contributed by atoms with E-state index in [-0.39, 0.29) is 18.3 Å². The molecule has 1 heterocycles. The van der Waals surface area contributed by atoms with Crippen LogP contribution in [0.2, 0.25) is 0 Å². The predicted molar refractivity (Wildman–Crippen MR) is 108 cm³/mol. The van der Waals surface area contributed by atoms with E-state index in [4.69, 9.17) is 14.0 Å². The third-order valence-corrected chi connectivity index (χ3v) is 6.88. The summed E-state index contributed by atoms with van der Waals surface area (Å²) in [6.07, 6.45) is 6.59. The fourth-order valence-electron chi connectivity index (χ4n) is 3.98. The molecule has 1 aliphatic carbocycles. The van der Waals surface area contributed by atoms with Crippen LogP contribution in [0.4, 0.5) is 0 Å². The Balaban J connectivity index is 1.55. The van der Waals surface area contributed by atoms with E-state index in [1.165, 1.54) is 32.1 Å². The quantitative estimate of drug-likeness (QED) is 0.696. The summed E-state index contributed by atoms with van der Waals surface area (Å²) in [5, 5.41) is 0. The van der Waals surface area contributed by atoms with Gasteiger partial charge in [-0.2, -0.15) is 0 Å². The van der Waals surface area contributed by atoms with Gasteiger partial charge in [-0.25, -0.2) is 0 Å². The molecule has 3 rings (SSSR count). The van der Waals surface area contributed by atoms with Gasteiger partial charge in [-0.05, 0) is 82.8 Å². The molecule has 0 amide bonds. The minimum absolute atomic E-state index is 0.304. The molecule has 0 spiro atoms. The fraction of sp³-hybridized carbons (Fsp3) is 0.727. The van der Waals surface area contributed by atoms with E-state index in [1.54, 1.807) is 0 Å². The summed E-state index contributed by atoms with van der Waals surface area (Å²) in [6.45, 7) is 13.0. The summed E-state index contributed by atoms with van der Waals surface area (Å²) in [6, 6.07) is 8.26. The number of ether oxygens (including phenoxy) is 1. The first kappa shape index (κ1) is 19.8. The smallest absolute Gasteiger partial charge is 0.490 e. The Morgan fingerprint density at radius 2 is 1.54 bits per heavy atom. The Labute approximate surface area is 159 Å². The number of rotatable bonds is 5. The van der Waals surface area contributed by atoms with E-state index in [0.717, 1.165) is 23.0 Å². The monoisotopic (exact) mass is 358 g/mol. The number of hydrogen-bond acceptors (Lipinski definition) is 3. The first-order valence-corrected chi connectivity index (χ1v) is 10.3. The Hall–Kier alpha value is -0.995. The number of hydrogen-bond donors (Lipinski definition) is 0. The molecule has 1 saturated heterocycles. The maximum atomic E-state index is 6.23. The Kier molecular flexibility index (Phi) is 5.74. The summed E-state index contributed by atoms with van der Waals surface area (Å²) in [5.74, 6) is 2.68. The van der Waals surface area contributed by atoms with Gasteiger partial charge in [-0.3, -0.25) is 0 Å². The minimum Gasteiger partial charge on any atom is -0.490 e. The Bertz CT molecular complexity index is 572. The van der Waals surface area contributed by atoms with Crippen LogP contribution in [0.15, 0.2) is 24.3 Å². The van der Waals surface area contributed by atoms with E-state index in [2.05, 4.69) is 65.8 Å². The molecule has 2 fully saturated rings. The first-order chi connectivity index (χ1) is 12.2. The van der Waals surface area contributed by atoms with Gasteiger partial charge in [0.05, 0.1) is 17.3 Å². The van der Waals surface area contributed by atoms with Crippen LogP contribution in [0.1, 0.15) is 73.6 Å². The van der Waals surface area contributed by atoms with Crippen LogP contribution in [0.3, 0.4) is 0 Å². The molecular formula is C22H35BO3. The molecule has 3 nitrogen and oxygen atoms in total. The van der Waals surface area contributed by atoms with Crippen molar-refractivity contribution >= 4 is 12.6 Å². The molecule has 144 valence electrons. The van der Waals surface area contributed by atoms with Gasteiger partial charge in [0.25, 0.3) is 0 Å².